The van der Waals surface area contributed by atoms with Gasteiger partial charge in [-0.25, -0.2) is 0 Å². The lowest BCUT2D eigenvalue weighted by atomic mass is 10.1. The molecule has 0 radical (unpaired) electrons. The highest BCUT2D eigenvalue weighted by Gasteiger charge is 2.28. The summed E-state index contributed by atoms with van der Waals surface area (Å²) in [5.74, 6) is 0.397. The van der Waals surface area contributed by atoms with E-state index in [0.29, 0.717) is 18.7 Å². The van der Waals surface area contributed by atoms with Gasteiger partial charge in [-0.1, -0.05) is 79.6 Å². The molecule has 172 valence electrons. The number of rotatable bonds is 9. The second kappa shape index (κ2) is 11.0. The molecule has 1 aliphatic carbocycles. The van der Waals surface area contributed by atoms with Gasteiger partial charge in [-0.3, -0.25) is 9.59 Å². The molecule has 0 spiro atoms. The van der Waals surface area contributed by atoms with Gasteiger partial charge < -0.3 is 15.0 Å². The van der Waals surface area contributed by atoms with Crippen LogP contribution < -0.4 is 10.1 Å². The number of amides is 2. The van der Waals surface area contributed by atoms with E-state index in [0.717, 1.165) is 42.0 Å². The second-order valence-electron chi connectivity index (χ2n) is 8.75. The number of carbonyl (C=O) groups excluding carboxylic acids is 2. The fraction of sp³-hybridized carbons (Fsp3) is 0.357. The largest absolute Gasteiger partial charge is 0.483 e. The summed E-state index contributed by atoms with van der Waals surface area (Å²) in [5.41, 5.74) is 1.13. The Kier molecular flexibility index (Phi) is 7.61. The minimum Gasteiger partial charge on any atom is -0.483 e. The first-order valence-corrected chi connectivity index (χ1v) is 11.9. The topological polar surface area (TPSA) is 58.6 Å². The van der Waals surface area contributed by atoms with Crippen LogP contribution in [-0.4, -0.2) is 41.9 Å². The molecular weight excluding hydrogens is 412 g/mol. The summed E-state index contributed by atoms with van der Waals surface area (Å²) >= 11 is 0. The number of hydrogen-bond acceptors (Lipinski definition) is 3. The third kappa shape index (κ3) is 5.92. The van der Waals surface area contributed by atoms with Crippen molar-refractivity contribution in [1.82, 2.24) is 10.2 Å². The van der Waals surface area contributed by atoms with Crippen molar-refractivity contribution in [3.63, 3.8) is 0 Å². The van der Waals surface area contributed by atoms with Crippen molar-refractivity contribution in [1.29, 1.82) is 0 Å². The number of hydrogen-bond donors (Lipinski definition) is 1. The Morgan fingerprint density at radius 2 is 1.67 bits per heavy atom. The number of ether oxygens (including phenoxy) is 1. The normalized spacial score (nSPS) is 14.7. The van der Waals surface area contributed by atoms with Crippen molar-refractivity contribution in [3.8, 4) is 5.75 Å². The smallest absolute Gasteiger partial charge is 0.261 e. The van der Waals surface area contributed by atoms with Crippen molar-refractivity contribution in [2.24, 2.45) is 0 Å². The predicted molar refractivity (Wildman–Crippen MR) is 131 cm³/mol. The Hall–Kier alpha value is -3.34. The third-order valence-corrected chi connectivity index (χ3v) is 6.45. The van der Waals surface area contributed by atoms with E-state index in [1.54, 1.807) is 4.90 Å². The minimum atomic E-state index is -0.557. The molecule has 0 aromatic heterocycles. The van der Waals surface area contributed by atoms with E-state index in [9.17, 15) is 9.59 Å². The van der Waals surface area contributed by atoms with E-state index in [4.69, 9.17) is 4.74 Å². The Morgan fingerprint density at radius 3 is 2.45 bits per heavy atom. The lowest BCUT2D eigenvalue weighted by molar-refractivity contribution is -0.141. The van der Waals surface area contributed by atoms with Gasteiger partial charge in [0, 0.05) is 18.0 Å². The highest BCUT2D eigenvalue weighted by molar-refractivity contribution is 5.90. The molecule has 0 saturated heterocycles. The summed E-state index contributed by atoms with van der Waals surface area (Å²) < 4.78 is 5.95. The van der Waals surface area contributed by atoms with Crippen LogP contribution in [0.15, 0.2) is 72.8 Å². The van der Waals surface area contributed by atoms with E-state index < -0.39 is 6.04 Å². The number of nitrogens with one attached hydrogen (secondary N) is 1. The van der Waals surface area contributed by atoms with Crippen LogP contribution in [0.5, 0.6) is 5.75 Å². The van der Waals surface area contributed by atoms with Crippen LogP contribution in [-0.2, 0) is 16.0 Å². The highest BCUT2D eigenvalue weighted by Crippen LogP contribution is 2.25. The van der Waals surface area contributed by atoms with E-state index >= 15 is 0 Å². The van der Waals surface area contributed by atoms with E-state index in [1.807, 2.05) is 79.7 Å². The molecule has 3 aromatic carbocycles. The fourth-order valence-electron chi connectivity index (χ4n) is 4.51. The van der Waals surface area contributed by atoms with Crippen LogP contribution >= 0.6 is 0 Å². The van der Waals surface area contributed by atoms with Gasteiger partial charge >= 0.3 is 0 Å². The first kappa shape index (κ1) is 22.8. The first-order chi connectivity index (χ1) is 16.1. The summed E-state index contributed by atoms with van der Waals surface area (Å²) in [6, 6.07) is 23.5. The molecule has 1 N–H and O–H groups in total. The van der Waals surface area contributed by atoms with E-state index in [-0.39, 0.29) is 24.5 Å². The molecule has 0 unspecified atom stereocenters. The van der Waals surface area contributed by atoms with Gasteiger partial charge in [0.05, 0.1) is 0 Å². The number of carbonyl (C=O) groups is 2. The quantitative estimate of drug-likeness (QED) is 0.519. The highest BCUT2D eigenvalue weighted by atomic mass is 16.5. The molecule has 2 amide bonds. The molecule has 33 heavy (non-hydrogen) atoms. The molecule has 1 saturated carbocycles. The van der Waals surface area contributed by atoms with Crippen molar-refractivity contribution in [3.05, 3.63) is 78.4 Å². The van der Waals surface area contributed by atoms with Crippen molar-refractivity contribution in [2.75, 3.05) is 13.2 Å². The summed E-state index contributed by atoms with van der Waals surface area (Å²) in [7, 11) is 0. The molecule has 0 bridgehead atoms. The zero-order valence-electron chi connectivity index (χ0n) is 19.2. The monoisotopic (exact) mass is 444 g/mol. The molecule has 1 aliphatic rings. The molecule has 5 heteroatoms. The lowest BCUT2D eigenvalue weighted by Gasteiger charge is -2.29. The maximum atomic E-state index is 13.3. The molecule has 5 nitrogen and oxygen atoms in total. The number of fused-ring (bicyclic) bond motifs is 1. The van der Waals surface area contributed by atoms with Gasteiger partial charge in [0.2, 0.25) is 5.91 Å². The van der Waals surface area contributed by atoms with Crippen molar-refractivity contribution in [2.45, 2.75) is 51.1 Å². The Morgan fingerprint density at radius 1 is 0.970 bits per heavy atom. The SMILES string of the molecule is C[C@@H](C(=O)NC1CCCC1)N(CCc1ccccc1)C(=O)COc1cccc2ccccc12. The number of nitrogens with zero attached hydrogens (tertiary/aromatic N) is 1. The average molecular weight is 445 g/mol. The molecule has 4 rings (SSSR count). The Labute approximate surface area is 195 Å². The summed E-state index contributed by atoms with van der Waals surface area (Å²) in [6.45, 7) is 2.16. The van der Waals surface area contributed by atoms with Crippen molar-refractivity contribution >= 4 is 22.6 Å². The third-order valence-electron chi connectivity index (χ3n) is 6.45. The van der Waals surface area contributed by atoms with Crippen LogP contribution in [0.4, 0.5) is 0 Å². The first-order valence-electron chi connectivity index (χ1n) is 11.9. The van der Waals surface area contributed by atoms with Crippen LogP contribution in [0.25, 0.3) is 10.8 Å². The summed E-state index contributed by atoms with van der Waals surface area (Å²) in [5, 5.41) is 5.17. The molecule has 3 aromatic rings. The molecule has 1 fully saturated rings. The van der Waals surface area contributed by atoms with E-state index in [1.165, 1.54) is 0 Å². The second-order valence-corrected chi connectivity index (χ2v) is 8.75. The molecule has 0 aliphatic heterocycles. The number of benzene rings is 3. The summed E-state index contributed by atoms with van der Waals surface area (Å²) in [4.78, 5) is 27.9. The van der Waals surface area contributed by atoms with Gasteiger partial charge in [0.1, 0.15) is 11.8 Å². The zero-order chi connectivity index (χ0) is 23.0. The summed E-state index contributed by atoms with van der Waals surface area (Å²) in [6.07, 6.45) is 5.01. The van der Waals surface area contributed by atoms with Crippen LogP contribution in [0.1, 0.15) is 38.2 Å². The van der Waals surface area contributed by atoms with Gasteiger partial charge in [-0.15, -0.1) is 0 Å². The predicted octanol–water partition coefficient (Wildman–Crippen LogP) is 4.74. The van der Waals surface area contributed by atoms with Crippen LogP contribution in [0.2, 0.25) is 0 Å². The van der Waals surface area contributed by atoms with Gasteiger partial charge in [0.15, 0.2) is 6.61 Å². The average Bonchev–Trinajstić information content (AvgIpc) is 3.36. The Balaban J connectivity index is 1.45. The van der Waals surface area contributed by atoms with Gasteiger partial charge in [-0.2, -0.15) is 0 Å². The molecular formula is C28H32N2O3. The van der Waals surface area contributed by atoms with Crippen LogP contribution in [0, 0.1) is 0 Å². The minimum absolute atomic E-state index is 0.0894. The van der Waals surface area contributed by atoms with Gasteiger partial charge in [0.25, 0.3) is 5.91 Å². The van der Waals surface area contributed by atoms with Gasteiger partial charge in [-0.05, 0) is 43.2 Å². The standard InChI is InChI=1S/C28H32N2O3/c1-21(28(32)29-24-14-6-7-15-24)30(19-18-22-10-3-2-4-11-22)27(31)20-33-26-17-9-13-23-12-5-8-16-25(23)26/h2-5,8-13,16-17,21,24H,6-7,14-15,18-20H2,1H3,(H,29,32)/t21-/m0/s1. The fourth-order valence-corrected chi connectivity index (χ4v) is 4.51. The molecule has 0 heterocycles. The zero-order valence-corrected chi connectivity index (χ0v) is 19.2. The maximum Gasteiger partial charge on any atom is 0.261 e. The van der Waals surface area contributed by atoms with E-state index in [2.05, 4.69) is 5.32 Å². The lowest BCUT2D eigenvalue weighted by Crippen LogP contribution is -2.51. The maximum absolute atomic E-state index is 13.3. The Bertz CT molecular complexity index is 1070. The molecule has 1 atom stereocenters. The van der Waals surface area contributed by atoms with Crippen molar-refractivity contribution < 1.29 is 14.3 Å². The van der Waals surface area contributed by atoms with Crippen LogP contribution in [0.3, 0.4) is 0 Å².